The van der Waals surface area contributed by atoms with E-state index < -0.39 is 0 Å². The number of aliphatic hydroxyl groups excluding tert-OH is 1. The minimum atomic E-state index is -0.0886. The van der Waals surface area contributed by atoms with Crippen LogP contribution < -0.4 is 0 Å². The summed E-state index contributed by atoms with van der Waals surface area (Å²) in [7, 11) is 0. The van der Waals surface area contributed by atoms with Crippen molar-refractivity contribution in [2.24, 2.45) is 5.41 Å². The molecule has 0 heterocycles. The predicted molar refractivity (Wildman–Crippen MR) is 68.1 cm³/mol. The Morgan fingerprint density at radius 2 is 1.40 bits per heavy atom. The molecule has 0 saturated carbocycles. The number of hydrogen-bond donors (Lipinski definition) is 1. The van der Waals surface area contributed by atoms with E-state index in [1.807, 2.05) is 0 Å². The summed E-state index contributed by atoms with van der Waals surface area (Å²) in [6, 6.07) is 0. The lowest BCUT2D eigenvalue weighted by atomic mass is 9.73. The molecule has 0 bridgehead atoms. The van der Waals surface area contributed by atoms with E-state index in [0.29, 0.717) is 0 Å². The van der Waals surface area contributed by atoms with Crippen molar-refractivity contribution in [2.45, 2.75) is 85.2 Å². The molecule has 0 aliphatic heterocycles. The van der Waals surface area contributed by atoms with Gasteiger partial charge in [-0.15, -0.1) is 0 Å². The maximum atomic E-state index is 10.3. The molecule has 0 fully saturated rings. The van der Waals surface area contributed by atoms with Crippen LogP contribution >= 0.6 is 0 Å². The zero-order valence-corrected chi connectivity index (χ0v) is 11.2. The fourth-order valence-corrected chi connectivity index (χ4v) is 2.53. The van der Waals surface area contributed by atoms with Crippen molar-refractivity contribution >= 4 is 0 Å². The third kappa shape index (κ3) is 4.55. The molecule has 1 atom stereocenters. The standard InChI is InChI=1S/C14H30O/c1-5-9-10-11-12-13(15)14(6-2,7-3)8-4/h13,15H,5-12H2,1-4H3. The summed E-state index contributed by atoms with van der Waals surface area (Å²) in [5.74, 6) is 0. The van der Waals surface area contributed by atoms with Crippen molar-refractivity contribution < 1.29 is 5.11 Å². The Morgan fingerprint density at radius 3 is 1.80 bits per heavy atom. The van der Waals surface area contributed by atoms with Crippen molar-refractivity contribution in [3.63, 3.8) is 0 Å². The van der Waals surface area contributed by atoms with Gasteiger partial charge in [-0.2, -0.15) is 0 Å². The van der Waals surface area contributed by atoms with Gasteiger partial charge in [-0.05, 0) is 31.1 Å². The third-order valence-electron chi connectivity index (χ3n) is 4.15. The number of hydrogen-bond acceptors (Lipinski definition) is 1. The monoisotopic (exact) mass is 214 g/mol. The molecule has 0 aromatic heterocycles. The van der Waals surface area contributed by atoms with Crippen molar-refractivity contribution in [3.8, 4) is 0 Å². The van der Waals surface area contributed by atoms with E-state index in [9.17, 15) is 5.11 Å². The highest BCUT2D eigenvalue weighted by Gasteiger charge is 2.31. The lowest BCUT2D eigenvalue weighted by Crippen LogP contribution is -2.33. The molecule has 0 spiro atoms. The van der Waals surface area contributed by atoms with E-state index >= 15 is 0 Å². The zero-order valence-electron chi connectivity index (χ0n) is 11.2. The molecule has 92 valence electrons. The highest BCUT2D eigenvalue weighted by Crippen LogP contribution is 2.36. The first-order chi connectivity index (χ1) is 7.16. The van der Waals surface area contributed by atoms with Crippen molar-refractivity contribution in [1.29, 1.82) is 0 Å². The van der Waals surface area contributed by atoms with Crippen LogP contribution in [-0.2, 0) is 0 Å². The van der Waals surface area contributed by atoms with Gasteiger partial charge in [0.1, 0.15) is 0 Å². The van der Waals surface area contributed by atoms with Crippen LogP contribution in [0.5, 0.6) is 0 Å². The Labute approximate surface area is 96.3 Å². The van der Waals surface area contributed by atoms with Crippen LogP contribution in [0.3, 0.4) is 0 Å². The lowest BCUT2D eigenvalue weighted by molar-refractivity contribution is 0.00652. The summed E-state index contributed by atoms with van der Waals surface area (Å²) >= 11 is 0. The normalized spacial score (nSPS) is 14.2. The van der Waals surface area contributed by atoms with Gasteiger partial charge >= 0.3 is 0 Å². The summed E-state index contributed by atoms with van der Waals surface area (Å²) in [6.07, 6.45) is 9.28. The van der Waals surface area contributed by atoms with E-state index in [4.69, 9.17) is 0 Å². The lowest BCUT2D eigenvalue weighted by Gasteiger charge is -2.35. The van der Waals surface area contributed by atoms with Crippen molar-refractivity contribution in [3.05, 3.63) is 0 Å². The van der Waals surface area contributed by atoms with Gasteiger partial charge in [0, 0.05) is 0 Å². The second-order valence-electron chi connectivity index (χ2n) is 4.79. The number of aliphatic hydroxyl groups is 1. The molecule has 15 heavy (non-hydrogen) atoms. The van der Waals surface area contributed by atoms with Gasteiger partial charge in [-0.25, -0.2) is 0 Å². The smallest absolute Gasteiger partial charge is 0.0596 e. The van der Waals surface area contributed by atoms with Crippen LogP contribution in [0.15, 0.2) is 0 Å². The quantitative estimate of drug-likeness (QED) is 0.559. The van der Waals surface area contributed by atoms with Crippen LogP contribution in [0.25, 0.3) is 0 Å². The second kappa shape index (κ2) is 8.15. The van der Waals surface area contributed by atoms with Gasteiger partial charge in [0.05, 0.1) is 6.10 Å². The molecule has 0 radical (unpaired) electrons. The van der Waals surface area contributed by atoms with Gasteiger partial charge < -0.3 is 5.11 Å². The molecule has 1 N–H and O–H groups in total. The fourth-order valence-electron chi connectivity index (χ4n) is 2.53. The Bertz CT molecular complexity index is 130. The van der Waals surface area contributed by atoms with Crippen LogP contribution in [0.1, 0.15) is 79.1 Å². The topological polar surface area (TPSA) is 20.2 Å². The maximum Gasteiger partial charge on any atom is 0.0596 e. The highest BCUT2D eigenvalue weighted by molar-refractivity contribution is 4.82. The van der Waals surface area contributed by atoms with Crippen molar-refractivity contribution in [1.82, 2.24) is 0 Å². The summed E-state index contributed by atoms with van der Waals surface area (Å²) < 4.78 is 0. The molecule has 1 unspecified atom stereocenters. The van der Waals surface area contributed by atoms with E-state index in [0.717, 1.165) is 25.7 Å². The molecular weight excluding hydrogens is 184 g/mol. The summed E-state index contributed by atoms with van der Waals surface area (Å²) in [5, 5.41) is 10.3. The van der Waals surface area contributed by atoms with Gasteiger partial charge in [0.25, 0.3) is 0 Å². The first-order valence-electron chi connectivity index (χ1n) is 6.84. The minimum absolute atomic E-state index is 0.0886. The summed E-state index contributed by atoms with van der Waals surface area (Å²) in [4.78, 5) is 0. The van der Waals surface area contributed by atoms with Gasteiger partial charge in [-0.1, -0.05) is 53.4 Å². The first kappa shape index (κ1) is 15.0. The molecule has 0 aliphatic rings. The molecule has 0 aliphatic carbocycles. The fraction of sp³-hybridized carbons (Fsp3) is 1.00. The highest BCUT2D eigenvalue weighted by atomic mass is 16.3. The number of rotatable bonds is 9. The van der Waals surface area contributed by atoms with Gasteiger partial charge in [0.15, 0.2) is 0 Å². The Hall–Kier alpha value is -0.0400. The van der Waals surface area contributed by atoms with E-state index in [1.54, 1.807) is 0 Å². The number of unbranched alkanes of at least 4 members (excludes halogenated alkanes) is 3. The molecular formula is C14H30O. The van der Waals surface area contributed by atoms with Crippen LogP contribution in [0, 0.1) is 5.41 Å². The van der Waals surface area contributed by atoms with Gasteiger partial charge in [-0.3, -0.25) is 0 Å². The Morgan fingerprint density at radius 1 is 0.867 bits per heavy atom. The van der Waals surface area contributed by atoms with Crippen LogP contribution in [-0.4, -0.2) is 11.2 Å². The molecule has 0 saturated heterocycles. The molecule has 0 amide bonds. The van der Waals surface area contributed by atoms with E-state index in [-0.39, 0.29) is 11.5 Å². The first-order valence-corrected chi connectivity index (χ1v) is 6.84. The zero-order chi connectivity index (χ0) is 11.7. The molecule has 0 aromatic rings. The minimum Gasteiger partial charge on any atom is -0.393 e. The van der Waals surface area contributed by atoms with Crippen molar-refractivity contribution in [2.75, 3.05) is 0 Å². The Balaban J connectivity index is 3.97. The average molecular weight is 214 g/mol. The molecule has 0 aromatic carbocycles. The summed E-state index contributed by atoms with van der Waals surface area (Å²) in [6.45, 7) is 8.86. The summed E-state index contributed by atoms with van der Waals surface area (Å²) in [5.41, 5.74) is 0.187. The third-order valence-corrected chi connectivity index (χ3v) is 4.15. The van der Waals surface area contributed by atoms with E-state index in [2.05, 4.69) is 27.7 Å². The molecule has 1 heteroatoms. The molecule has 1 nitrogen and oxygen atoms in total. The molecule has 0 rings (SSSR count). The van der Waals surface area contributed by atoms with Crippen LogP contribution in [0.4, 0.5) is 0 Å². The van der Waals surface area contributed by atoms with E-state index in [1.165, 1.54) is 25.7 Å². The van der Waals surface area contributed by atoms with Crippen LogP contribution in [0.2, 0.25) is 0 Å². The predicted octanol–water partition coefficient (Wildman–Crippen LogP) is 4.53. The largest absolute Gasteiger partial charge is 0.393 e. The Kier molecular flexibility index (Phi) is 8.13. The SMILES string of the molecule is CCCCCCC(O)C(CC)(CC)CC. The average Bonchev–Trinajstić information content (AvgIpc) is 2.28. The maximum absolute atomic E-state index is 10.3. The van der Waals surface area contributed by atoms with Gasteiger partial charge in [0.2, 0.25) is 0 Å². The second-order valence-corrected chi connectivity index (χ2v) is 4.79.